The van der Waals surface area contributed by atoms with E-state index in [0.29, 0.717) is 6.04 Å². The maximum atomic E-state index is 4.18. The first kappa shape index (κ1) is 13.7. The lowest BCUT2D eigenvalue weighted by Gasteiger charge is -2.36. The molecule has 106 valence electrons. The van der Waals surface area contributed by atoms with E-state index in [1.165, 1.54) is 16.0 Å². The van der Waals surface area contributed by atoms with Crippen molar-refractivity contribution in [3.63, 3.8) is 0 Å². The van der Waals surface area contributed by atoms with Crippen LogP contribution in [0.15, 0.2) is 36.0 Å². The van der Waals surface area contributed by atoms with Gasteiger partial charge in [-0.3, -0.25) is 9.88 Å². The Kier molecular flexibility index (Phi) is 4.45. The second-order valence-electron chi connectivity index (χ2n) is 5.25. The minimum atomic E-state index is 0.469. The van der Waals surface area contributed by atoms with Crippen molar-refractivity contribution in [2.24, 2.45) is 0 Å². The fourth-order valence-electron chi connectivity index (χ4n) is 2.76. The van der Waals surface area contributed by atoms with Crippen LogP contribution < -0.4 is 5.32 Å². The summed E-state index contributed by atoms with van der Waals surface area (Å²) < 4.78 is 0. The van der Waals surface area contributed by atoms with E-state index >= 15 is 0 Å². The minimum Gasteiger partial charge on any atom is -0.314 e. The smallest absolute Gasteiger partial charge is 0.0794 e. The van der Waals surface area contributed by atoms with Crippen LogP contribution in [-0.2, 0) is 13.0 Å². The number of hydrogen-bond donors (Lipinski definition) is 1. The molecule has 1 aliphatic heterocycles. The molecule has 0 aliphatic carbocycles. The lowest BCUT2D eigenvalue weighted by atomic mass is 10.0. The first-order chi connectivity index (χ1) is 9.86. The summed E-state index contributed by atoms with van der Waals surface area (Å²) in [5, 5.41) is 3.52. The quantitative estimate of drug-likeness (QED) is 0.937. The molecule has 0 radical (unpaired) electrons. The van der Waals surface area contributed by atoms with E-state index in [9.17, 15) is 0 Å². The SMILES string of the molecule is CCc1ccc(C2CNCCN2Cc2cncs2)cc1. The molecule has 1 aromatic carbocycles. The van der Waals surface area contributed by atoms with Crippen LogP contribution in [0.25, 0.3) is 0 Å². The minimum absolute atomic E-state index is 0.469. The molecule has 2 heterocycles. The molecule has 20 heavy (non-hydrogen) atoms. The van der Waals surface area contributed by atoms with Crippen molar-refractivity contribution in [3.05, 3.63) is 52.0 Å². The fourth-order valence-corrected chi connectivity index (χ4v) is 3.38. The molecule has 3 rings (SSSR count). The highest BCUT2D eigenvalue weighted by molar-refractivity contribution is 7.09. The average Bonchev–Trinajstić information content (AvgIpc) is 3.01. The van der Waals surface area contributed by atoms with Gasteiger partial charge in [-0.25, -0.2) is 0 Å². The third-order valence-electron chi connectivity index (χ3n) is 3.97. The summed E-state index contributed by atoms with van der Waals surface area (Å²) in [4.78, 5) is 8.09. The molecule has 1 saturated heterocycles. The summed E-state index contributed by atoms with van der Waals surface area (Å²) >= 11 is 1.75. The van der Waals surface area contributed by atoms with E-state index in [0.717, 1.165) is 32.6 Å². The average molecular weight is 287 g/mol. The summed E-state index contributed by atoms with van der Waals surface area (Å²) in [5.74, 6) is 0. The van der Waals surface area contributed by atoms with E-state index in [1.54, 1.807) is 11.3 Å². The number of nitrogens with zero attached hydrogens (tertiary/aromatic N) is 2. The standard InChI is InChI=1S/C16H21N3S/c1-2-13-3-5-14(6-4-13)16-10-17-7-8-19(16)11-15-9-18-12-20-15/h3-6,9,12,16-17H,2,7-8,10-11H2,1H3. The van der Waals surface area contributed by atoms with Gasteiger partial charge in [0.15, 0.2) is 0 Å². The summed E-state index contributed by atoms with van der Waals surface area (Å²) in [7, 11) is 0. The van der Waals surface area contributed by atoms with Crippen molar-refractivity contribution >= 4 is 11.3 Å². The maximum Gasteiger partial charge on any atom is 0.0794 e. The van der Waals surface area contributed by atoms with Gasteiger partial charge >= 0.3 is 0 Å². The first-order valence-electron chi connectivity index (χ1n) is 7.28. The lowest BCUT2D eigenvalue weighted by molar-refractivity contribution is 0.155. The van der Waals surface area contributed by atoms with Crippen LogP contribution >= 0.6 is 11.3 Å². The van der Waals surface area contributed by atoms with E-state index in [2.05, 4.69) is 46.4 Å². The summed E-state index contributed by atoms with van der Waals surface area (Å²) in [6.45, 7) is 6.41. The molecular weight excluding hydrogens is 266 g/mol. The van der Waals surface area contributed by atoms with Gasteiger partial charge in [0, 0.05) is 43.3 Å². The molecule has 2 aromatic rings. The number of piperazine rings is 1. The molecule has 1 N–H and O–H groups in total. The molecule has 3 nitrogen and oxygen atoms in total. The lowest BCUT2D eigenvalue weighted by Crippen LogP contribution is -2.45. The molecule has 0 saturated carbocycles. The third kappa shape index (κ3) is 3.08. The third-order valence-corrected chi connectivity index (χ3v) is 4.73. The second kappa shape index (κ2) is 6.48. The maximum absolute atomic E-state index is 4.18. The zero-order chi connectivity index (χ0) is 13.8. The molecule has 1 unspecified atom stereocenters. The Bertz CT molecular complexity index is 521. The van der Waals surface area contributed by atoms with Crippen molar-refractivity contribution < 1.29 is 0 Å². The Hall–Kier alpha value is -1.23. The molecule has 1 aromatic heterocycles. The predicted molar refractivity (Wildman–Crippen MR) is 84.0 cm³/mol. The monoisotopic (exact) mass is 287 g/mol. The Morgan fingerprint density at radius 1 is 1.35 bits per heavy atom. The molecule has 1 atom stereocenters. The zero-order valence-electron chi connectivity index (χ0n) is 11.9. The highest BCUT2D eigenvalue weighted by atomic mass is 32.1. The molecule has 0 amide bonds. The van der Waals surface area contributed by atoms with E-state index < -0.39 is 0 Å². The van der Waals surface area contributed by atoms with Gasteiger partial charge in [-0.15, -0.1) is 11.3 Å². The zero-order valence-corrected chi connectivity index (χ0v) is 12.7. The van der Waals surface area contributed by atoms with Gasteiger partial charge in [0.25, 0.3) is 0 Å². The Morgan fingerprint density at radius 3 is 2.90 bits per heavy atom. The normalized spacial score (nSPS) is 20.1. The molecule has 0 spiro atoms. The fraction of sp³-hybridized carbons (Fsp3) is 0.438. The Morgan fingerprint density at radius 2 is 2.20 bits per heavy atom. The number of thiazole rings is 1. The molecule has 1 aliphatic rings. The van der Waals surface area contributed by atoms with Crippen molar-refractivity contribution in [2.45, 2.75) is 25.9 Å². The Balaban J connectivity index is 1.77. The summed E-state index contributed by atoms with van der Waals surface area (Å²) in [5.41, 5.74) is 4.74. The van der Waals surface area contributed by atoms with E-state index in [-0.39, 0.29) is 0 Å². The highest BCUT2D eigenvalue weighted by Crippen LogP contribution is 2.25. The van der Waals surface area contributed by atoms with Crippen LogP contribution in [0.4, 0.5) is 0 Å². The first-order valence-corrected chi connectivity index (χ1v) is 8.15. The van der Waals surface area contributed by atoms with Crippen molar-refractivity contribution in [2.75, 3.05) is 19.6 Å². The van der Waals surface area contributed by atoms with Crippen LogP contribution in [0.3, 0.4) is 0 Å². The number of aryl methyl sites for hydroxylation is 1. The summed E-state index contributed by atoms with van der Waals surface area (Å²) in [6.07, 6.45) is 3.09. The molecule has 4 heteroatoms. The molecule has 1 fully saturated rings. The van der Waals surface area contributed by atoms with Crippen LogP contribution in [0, 0.1) is 0 Å². The number of benzene rings is 1. The van der Waals surface area contributed by atoms with Gasteiger partial charge in [0.05, 0.1) is 5.51 Å². The predicted octanol–water partition coefficient (Wildman–Crippen LogP) is 2.85. The van der Waals surface area contributed by atoms with Crippen LogP contribution in [0.2, 0.25) is 0 Å². The van der Waals surface area contributed by atoms with Gasteiger partial charge in [-0.1, -0.05) is 31.2 Å². The van der Waals surface area contributed by atoms with Crippen LogP contribution in [0.5, 0.6) is 0 Å². The van der Waals surface area contributed by atoms with Gasteiger partial charge in [0.2, 0.25) is 0 Å². The highest BCUT2D eigenvalue weighted by Gasteiger charge is 2.23. The van der Waals surface area contributed by atoms with Gasteiger partial charge in [-0.05, 0) is 17.5 Å². The number of aromatic nitrogens is 1. The van der Waals surface area contributed by atoms with Crippen molar-refractivity contribution in [1.82, 2.24) is 15.2 Å². The van der Waals surface area contributed by atoms with Crippen molar-refractivity contribution in [3.8, 4) is 0 Å². The molecule has 0 bridgehead atoms. The number of nitrogens with one attached hydrogen (secondary N) is 1. The van der Waals surface area contributed by atoms with Gasteiger partial charge in [0.1, 0.15) is 0 Å². The van der Waals surface area contributed by atoms with Gasteiger partial charge in [-0.2, -0.15) is 0 Å². The topological polar surface area (TPSA) is 28.2 Å². The van der Waals surface area contributed by atoms with E-state index in [1.807, 2.05) is 11.7 Å². The van der Waals surface area contributed by atoms with Gasteiger partial charge < -0.3 is 5.32 Å². The van der Waals surface area contributed by atoms with Crippen LogP contribution in [0.1, 0.15) is 29.0 Å². The van der Waals surface area contributed by atoms with Crippen molar-refractivity contribution in [1.29, 1.82) is 0 Å². The second-order valence-corrected chi connectivity index (χ2v) is 6.22. The molecular formula is C16H21N3S. The number of rotatable bonds is 4. The largest absolute Gasteiger partial charge is 0.314 e. The summed E-state index contributed by atoms with van der Waals surface area (Å²) in [6, 6.07) is 9.56. The van der Waals surface area contributed by atoms with E-state index in [4.69, 9.17) is 0 Å². The number of hydrogen-bond acceptors (Lipinski definition) is 4. The Labute approximate surface area is 124 Å². The van der Waals surface area contributed by atoms with Crippen LogP contribution in [-0.4, -0.2) is 29.5 Å².